The fourth-order valence-electron chi connectivity index (χ4n) is 2.96. The van der Waals surface area contributed by atoms with Crippen LogP contribution in [0.5, 0.6) is 0 Å². The van der Waals surface area contributed by atoms with Crippen LogP contribution in [0, 0.1) is 0 Å². The zero-order valence-electron chi connectivity index (χ0n) is 13.0. The van der Waals surface area contributed by atoms with E-state index in [0.717, 1.165) is 10.5 Å². The summed E-state index contributed by atoms with van der Waals surface area (Å²) in [5.41, 5.74) is 1.06. The van der Waals surface area contributed by atoms with Gasteiger partial charge in [0, 0.05) is 10.9 Å². The number of carboxylic acids is 1. The van der Waals surface area contributed by atoms with Crippen molar-refractivity contribution in [2.24, 2.45) is 0 Å². The van der Waals surface area contributed by atoms with Gasteiger partial charge in [0.2, 0.25) is 11.3 Å². The van der Waals surface area contributed by atoms with E-state index in [2.05, 4.69) is 21.2 Å². The van der Waals surface area contributed by atoms with Crippen LogP contribution < -0.4 is 5.32 Å². The molecule has 2 heterocycles. The first kappa shape index (κ1) is 18.0. The highest BCUT2D eigenvalue weighted by Gasteiger charge is 2.60. The quantitative estimate of drug-likeness (QED) is 0.401. The number of halogens is 1. The van der Waals surface area contributed by atoms with Crippen molar-refractivity contribution in [1.82, 2.24) is 10.2 Å². The first-order valence-corrected chi connectivity index (χ1v) is 9.99. The van der Waals surface area contributed by atoms with Gasteiger partial charge >= 0.3 is 5.97 Å². The van der Waals surface area contributed by atoms with E-state index in [1.54, 1.807) is 24.3 Å². The maximum absolute atomic E-state index is 12.4. The zero-order valence-corrected chi connectivity index (χ0v) is 15.4. The fraction of sp³-hybridized carbons (Fsp3) is 0.312. The Bertz CT molecular complexity index is 754. The maximum Gasteiger partial charge on any atom is 0.352 e. The summed E-state index contributed by atoms with van der Waals surface area (Å²) >= 11 is 1.70. The molecule has 1 aromatic rings. The van der Waals surface area contributed by atoms with E-state index in [1.165, 1.54) is 0 Å². The van der Waals surface area contributed by atoms with Crippen LogP contribution in [0.2, 0.25) is 0 Å². The van der Waals surface area contributed by atoms with E-state index in [1.807, 2.05) is 6.07 Å². The molecule has 2 amide bonds. The third-order valence-electron chi connectivity index (χ3n) is 4.09. The molecule has 25 heavy (non-hydrogen) atoms. The van der Waals surface area contributed by atoms with Gasteiger partial charge in [-0.15, -0.1) is 0 Å². The average molecular weight is 427 g/mol. The number of β-lactam (4-membered cyclic amide) rings is 1. The smallest absolute Gasteiger partial charge is 0.352 e. The molecule has 0 aromatic heterocycles. The SMILES string of the molecule is O=C(Cc1ccccc1)NC1C(=O)N2C(C(=O)O)=C(CBr)C[S+]([O-])[C@@H]12. The molecule has 2 N–H and O–H groups in total. The third-order valence-corrected chi connectivity index (χ3v) is 6.42. The summed E-state index contributed by atoms with van der Waals surface area (Å²) in [6.45, 7) is 0. The predicted octanol–water partition coefficient (Wildman–Crippen LogP) is 0.378. The van der Waals surface area contributed by atoms with Crippen LogP contribution in [-0.4, -0.2) is 54.8 Å². The zero-order chi connectivity index (χ0) is 18.1. The molecule has 2 aliphatic rings. The summed E-state index contributed by atoms with van der Waals surface area (Å²) in [5, 5.41) is 11.3. The molecule has 2 aliphatic heterocycles. The van der Waals surface area contributed by atoms with Crippen LogP contribution in [0.4, 0.5) is 0 Å². The van der Waals surface area contributed by atoms with Gasteiger partial charge in [0.05, 0.1) is 6.42 Å². The molecule has 132 valence electrons. The molecule has 2 unspecified atom stereocenters. The van der Waals surface area contributed by atoms with Gasteiger partial charge < -0.3 is 15.0 Å². The maximum atomic E-state index is 12.4. The second-order valence-electron chi connectivity index (χ2n) is 5.72. The Morgan fingerprint density at radius 1 is 1.36 bits per heavy atom. The Balaban J connectivity index is 1.74. The van der Waals surface area contributed by atoms with E-state index in [0.29, 0.717) is 5.57 Å². The van der Waals surface area contributed by atoms with Gasteiger partial charge in [0.1, 0.15) is 11.4 Å². The number of hydrogen-bond donors (Lipinski definition) is 2. The summed E-state index contributed by atoms with van der Waals surface area (Å²) in [6, 6.07) is 8.08. The van der Waals surface area contributed by atoms with Crippen molar-refractivity contribution >= 4 is 44.9 Å². The molecule has 1 saturated heterocycles. The highest BCUT2D eigenvalue weighted by Crippen LogP contribution is 2.37. The number of carboxylic acid groups (broad SMARTS) is 1. The summed E-state index contributed by atoms with van der Waals surface area (Å²) in [7, 11) is 0. The van der Waals surface area contributed by atoms with Crippen LogP contribution in [0.15, 0.2) is 41.6 Å². The topological polar surface area (TPSA) is 110 Å². The van der Waals surface area contributed by atoms with Crippen molar-refractivity contribution in [2.75, 3.05) is 11.1 Å². The molecule has 1 fully saturated rings. The van der Waals surface area contributed by atoms with Gasteiger partial charge in [0.15, 0.2) is 6.04 Å². The lowest BCUT2D eigenvalue weighted by Gasteiger charge is -2.48. The van der Waals surface area contributed by atoms with Gasteiger partial charge in [-0.3, -0.25) is 14.5 Å². The van der Waals surface area contributed by atoms with Crippen molar-refractivity contribution in [3.05, 3.63) is 47.2 Å². The number of fused-ring (bicyclic) bond motifs is 1. The minimum absolute atomic E-state index is 0.0619. The number of carbonyl (C=O) groups excluding carboxylic acids is 2. The Morgan fingerprint density at radius 3 is 2.64 bits per heavy atom. The summed E-state index contributed by atoms with van der Waals surface area (Å²) < 4.78 is 12.4. The van der Waals surface area contributed by atoms with Crippen molar-refractivity contribution in [2.45, 2.75) is 17.8 Å². The number of rotatable bonds is 5. The number of nitrogens with zero attached hydrogens (tertiary/aromatic N) is 1. The van der Waals surface area contributed by atoms with Gasteiger partial charge in [0.25, 0.3) is 5.91 Å². The lowest BCUT2D eigenvalue weighted by molar-refractivity contribution is -0.151. The number of alkyl halides is 1. The number of hydrogen-bond acceptors (Lipinski definition) is 4. The molecule has 1 aromatic carbocycles. The second-order valence-corrected chi connectivity index (χ2v) is 7.82. The van der Waals surface area contributed by atoms with Gasteiger partial charge in [-0.05, 0) is 16.7 Å². The Hall–Kier alpha value is -1.84. The Morgan fingerprint density at radius 2 is 2.04 bits per heavy atom. The molecule has 0 spiro atoms. The molecule has 3 rings (SSSR count). The molecule has 0 aliphatic carbocycles. The molecule has 0 radical (unpaired) electrons. The van der Waals surface area contributed by atoms with E-state index in [9.17, 15) is 24.0 Å². The van der Waals surface area contributed by atoms with Crippen molar-refractivity contribution in [1.29, 1.82) is 0 Å². The summed E-state index contributed by atoms with van der Waals surface area (Å²) in [6.07, 6.45) is 0.0955. The van der Waals surface area contributed by atoms with Crippen LogP contribution in [0.1, 0.15) is 5.56 Å². The Labute approximate surface area is 155 Å². The number of nitrogens with one attached hydrogen (secondary N) is 1. The lowest BCUT2D eigenvalue weighted by Crippen LogP contribution is -2.74. The monoisotopic (exact) mass is 426 g/mol. The molecular weight excluding hydrogens is 412 g/mol. The lowest BCUT2D eigenvalue weighted by atomic mass is 10.0. The molecular formula is C16H15BrN2O5S. The van der Waals surface area contributed by atoms with Gasteiger partial charge in [-0.1, -0.05) is 46.3 Å². The molecule has 0 bridgehead atoms. The summed E-state index contributed by atoms with van der Waals surface area (Å²) in [5.74, 6) is -2.09. The normalized spacial score (nSPS) is 25.3. The Kier molecular flexibility index (Phi) is 5.16. The molecule has 3 atom stereocenters. The second kappa shape index (κ2) is 7.19. The minimum atomic E-state index is -1.47. The summed E-state index contributed by atoms with van der Waals surface area (Å²) in [4.78, 5) is 37.0. The number of benzene rings is 1. The van der Waals surface area contributed by atoms with Crippen LogP contribution in [-0.2, 0) is 32.0 Å². The average Bonchev–Trinajstić information content (AvgIpc) is 2.59. The number of amides is 2. The van der Waals surface area contributed by atoms with E-state index >= 15 is 0 Å². The number of carbonyl (C=O) groups is 3. The molecule has 9 heteroatoms. The van der Waals surface area contributed by atoms with Crippen molar-refractivity contribution in [3.8, 4) is 0 Å². The largest absolute Gasteiger partial charge is 0.614 e. The fourth-order valence-corrected chi connectivity index (χ4v) is 5.37. The first-order valence-electron chi connectivity index (χ1n) is 7.49. The van der Waals surface area contributed by atoms with E-state index < -0.39 is 34.5 Å². The predicted molar refractivity (Wildman–Crippen MR) is 94.2 cm³/mol. The van der Waals surface area contributed by atoms with E-state index in [-0.39, 0.29) is 29.1 Å². The van der Waals surface area contributed by atoms with E-state index in [4.69, 9.17) is 0 Å². The highest BCUT2D eigenvalue weighted by atomic mass is 79.9. The van der Waals surface area contributed by atoms with Crippen LogP contribution in [0.25, 0.3) is 0 Å². The van der Waals surface area contributed by atoms with Gasteiger partial charge in [-0.25, -0.2) is 4.79 Å². The third kappa shape index (κ3) is 3.31. The van der Waals surface area contributed by atoms with Crippen molar-refractivity contribution in [3.63, 3.8) is 0 Å². The standard InChI is InChI=1S/C16H15BrN2O5S/c17-7-10-8-25(24)15-12(14(21)19(15)13(10)16(22)23)18-11(20)6-9-4-2-1-3-5-9/h1-5,12,15H,6-8H2,(H,18,20)(H,22,23)/t12?,15-,25?/m0/s1. The number of aliphatic carboxylic acids is 1. The molecule has 0 saturated carbocycles. The van der Waals surface area contributed by atoms with Crippen molar-refractivity contribution < 1.29 is 24.0 Å². The highest BCUT2D eigenvalue weighted by molar-refractivity contribution is 9.09. The first-order chi connectivity index (χ1) is 11.9. The van der Waals surface area contributed by atoms with Crippen LogP contribution >= 0.6 is 15.9 Å². The minimum Gasteiger partial charge on any atom is -0.614 e. The van der Waals surface area contributed by atoms with Crippen LogP contribution in [0.3, 0.4) is 0 Å². The van der Waals surface area contributed by atoms with Gasteiger partial charge in [-0.2, -0.15) is 0 Å². The molecule has 7 nitrogen and oxygen atoms in total.